The highest BCUT2D eigenvalue weighted by Gasteiger charge is 2.61. The molecule has 2 unspecified atom stereocenters. The summed E-state index contributed by atoms with van der Waals surface area (Å²) >= 11 is 0. The summed E-state index contributed by atoms with van der Waals surface area (Å²) in [6.45, 7) is 4.11. The third-order valence-corrected chi connectivity index (χ3v) is 6.85. The number of halogens is 2. The highest BCUT2D eigenvalue weighted by molar-refractivity contribution is 5.97. The maximum atomic E-state index is 13.8. The fraction of sp³-hybridized carbons (Fsp3) is 0.565. The zero-order valence-corrected chi connectivity index (χ0v) is 19.0. The molecule has 2 aromatic heterocycles. The first-order chi connectivity index (χ1) is 16.1. The van der Waals surface area contributed by atoms with Crippen molar-refractivity contribution in [2.45, 2.75) is 51.6 Å². The number of aromatic hydroxyl groups is 1. The zero-order valence-electron chi connectivity index (χ0n) is 19.0. The van der Waals surface area contributed by atoms with E-state index in [0.717, 1.165) is 17.4 Å². The summed E-state index contributed by atoms with van der Waals surface area (Å²) in [5, 5.41) is 17.6. The number of carbonyl (C=O) groups is 2. The minimum atomic E-state index is -2.70. The Hall–Kier alpha value is -3.24. The number of hydrogen-bond acceptors (Lipinski definition) is 5. The van der Waals surface area contributed by atoms with Crippen LogP contribution in [0.2, 0.25) is 0 Å². The van der Waals surface area contributed by atoms with Crippen molar-refractivity contribution in [1.82, 2.24) is 24.4 Å². The first-order valence-electron chi connectivity index (χ1n) is 11.6. The predicted octanol–water partition coefficient (Wildman–Crippen LogP) is 1.88. The molecule has 6 rings (SSSR count). The van der Waals surface area contributed by atoms with Crippen molar-refractivity contribution in [2.75, 3.05) is 13.1 Å². The Kier molecular flexibility index (Phi) is 5.25. The van der Waals surface area contributed by atoms with Crippen LogP contribution in [0.15, 0.2) is 17.1 Å². The van der Waals surface area contributed by atoms with Crippen LogP contribution in [-0.2, 0) is 11.3 Å². The molecule has 2 aliphatic heterocycles. The van der Waals surface area contributed by atoms with E-state index in [9.17, 15) is 28.3 Å². The van der Waals surface area contributed by atoms with Crippen LogP contribution in [0.1, 0.15) is 49.0 Å². The van der Waals surface area contributed by atoms with Crippen LogP contribution in [0, 0.1) is 17.8 Å². The molecule has 0 aromatic carbocycles. The van der Waals surface area contributed by atoms with Crippen molar-refractivity contribution in [3.05, 3.63) is 33.8 Å². The molecule has 0 radical (unpaired) electrons. The number of aromatic nitrogens is 3. The van der Waals surface area contributed by atoms with Gasteiger partial charge >= 0.3 is 0 Å². The molecule has 2 bridgehead atoms. The van der Waals surface area contributed by atoms with Gasteiger partial charge in [-0.3, -0.25) is 19.0 Å². The average molecular weight is 475 g/mol. The van der Waals surface area contributed by atoms with Gasteiger partial charge in [0.2, 0.25) is 11.8 Å². The molecule has 4 fully saturated rings. The number of nitrogens with zero attached hydrogens (tertiary/aromatic N) is 4. The van der Waals surface area contributed by atoms with Crippen LogP contribution >= 0.6 is 0 Å². The quantitative estimate of drug-likeness (QED) is 0.620. The number of piperidine rings is 2. The maximum Gasteiger partial charge on any atom is 0.270 e. The average Bonchev–Trinajstić information content (AvgIpc) is 3.50. The normalized spacial score (nSPS) is 23.5. The minimum absolute atomic E-state index is 0.00319. The topological polar surface area (TPSA) is 109 Å². The summed E-state index contributed by atoms with van der Waals surface area (Å²) < 4.78 is 30.1. The van der Waals surface area contributed by atoms with Gasteiger partial charge in [0.25, 0.3) is 17.4 Å². The number of nitrogens with one attached hydrogen (secondary N) is 1. The van der Waals surface area contributed by atoms with Crippen molar-refractivity contribution >= 4 is 23.5 Å². The molecule has 4 aliphatic rings. The molecular weight excluding hydrogens is 448 g/mol. The monoisotopic (exact) mass is 475 g/mol. The van der Waals surface area contributed by atoms with Gasteiger partial charge in [-0.25, -0.2) is 8.78 Å². The molecule has 2 amide bonds. The summed E-state index contributed by atoms with van der Waals surface area (Å²) in [5.74, 6) is -5.86. The number of hydrogen-bond donors (Lipinski definition) is 2. The second kappa shape index (κ2) is 7.92. The predicted molar refractivity (Wildman–Crippen MR) is 119 cm³/mol. The molecule has 2 atom stereocenters. The van der Waals surface area contributed by atoms with Crippen molar-refractivity contribution in [1.29, 1.82) is 0 Å². The number of amides is 2. The van der Waals surface area contributed by atoms with Crippen molar-refractivity contribution in [2.24, 2.45) is 17.8 Å². The fourth-order valence-electron chi connectivity index (χ4n) is 4.82. The third kappa shape index (κ3) is 3.67. The van der Waals surface area contributed by atoms with Gasteiger partial charge in [-0.15, -0.1) is 0 Å². The van der Waals surface area contributed by atoms with Crippen molar-refractivity contribution < 1.29 is 23.5 Å². The number of fused-ring (bicyclic) bond motifs is 3. The number of carbonyl (C=O) groups excluding carboxylic acids is 2. The summed E-state index contributed by atoms with van der Waals surface area (Å²) in [4.78, 5) is 40.0. The van der Waals surface area contributed by atoms with E-state index in [4.69, 9.17) is 0 Å². The van der Waals surface area contributed by atoms with Gasteiger partial charge < -0.3 is 15.3 Å². The zero-order chi connectivity index (χ0) is 24.4. The Bertz CT molecular complexity index is 1250. The van der Waals surface area contributed by atoms with Crippen LogP contribution in [0.3, 0.4) is 0 Å². The smallest absolute Gasteiger partial charge is 0.270 e. The van der Waals surface area contributed by atoms with Gasteiger partial charge in [-0.1, -0.05) is 13.8 Å². The first kappa shape index (κ1) is 22.5. The van der Waals surface area contributed by atoms with Crippen molar-refractivity contribution in [3.8, 4) is 5.88 Å². The van der Waals surface area contributed by atoms with Crippen LogP contribution < -0.4 is 10.9 Å². The minimum Gasteiger partial charge on any atom is -0.492 e. The van der Waals surface area contributed by atoms with Crippen LogP contribution in [0.5, 0.6) is 5.88 Å². The molecule has 2 saturated carbocycles. The van der Waals surface area contributed by atoms with Crippen LogP contribution in [-0.4, -0.2) is 61.1 Å². The molecule has 0 spiro atoms. The van der Waals surface area contributed by atoms with Crippen LogP contribution in [0.4, 0.5) is 8.78 Å². The molecule has 182 valence electrons. The van der Waals surface area contributed by atoms with E-state index in [1.54, 1.807) is 0 Å². The highest BCUT2D eigenvalue weighted by Crippen LogP contribution is 2.52. The molecule has 4 heterocycles. The first-order valence-corrected chi connectivity index (χ1v) is 11.6. The summed E-state index contributed by atoms with van der Waals surface area (Å²) in [6, 6.07) is 0.00319. The van der Waals surface area contributed by atoms with Crippen molar-refractivity contribution in [3.63, 3.8) is 0 Å². The molecule has 2 aromatic rings. The van der Waals surface area contributed by atoms with E-state index in [2.05, 4.69) is 10.4 Å². The Morgan fingerprint density at radius 2 is 1.97 bits per heavy atom. The molecule has 9 nitrogen and oxygen atoms in total. The lowest BCUT2D eigenvalue weighted by atomic mass is 9.67. The fourth-order valence-corrected chi connectivity index (χ4v) is 4.82. The third-order valence-electron chi connectivity index (χ3n) is 6.85. The van der Waals surface area contributed by atoms with E-state index in [1.165, 1.54) is 27.8 Å². The van der Waals surface area contributed by atoms with Gasteiger partial charge in [-0.2, -0.15) is 9.61 Å². The lowest BCUT2D eigenvalue weighted by Gasteiger charge is -2.52. The Balaban J connectivity index is 1.48. The molecule has 11 heteroatoms. The van der Waals surface area contributed by atoms with Gasteiger partial charge in [-0.05, 0) is 31.3 Å². The second-order valence-electron chi connectivity index (χ2n) is 9.97. The van der Waals surface area contributed by atoms with Gasteiger partial charge in [0.15, 0.2) is 5.56 Å². The number of rotatable bonds is 6. The van der Waals surface area contributed by atoms with E-state index in [1.807, 2.05) is 13.8 Å². The summed E-state index contributed by atoms with van der Waals surface area (Å²) in [6.07, 6.45) is 6.22. The summed E-state index contributed by atoms with van der Waals surface area (Å²) in [5.41, 5.74) is -0.376. The van der Waals surface area contributed by atoms with Crippen LogP contribution in [0.25, 0.3) is 11.7 Å². The highest BCUT2D eigenvalue weighted by atomic mass is 19.3. The Labute approximate surface area is 194 Å². The van der Waals surface area contributed by atoms with E-state index in [0.29, 0.717) is 12.0 Å². The Morgan fingerprint density at radius 1 is 1.29 bits per heavy atom. The molecule has 2 N–H and O–H groups in total. The number of alkyl halides is 2. The van der Waals surface area contributed by atoms with Gasteiger partial charge in [0.05, 0.1) is 6.20 Å². The molecular formula is C23H27F2N5O4. The second-order valence-corrected chi connectivity index (χ2v) is 9.97. The maximum absolute atomic E-state index is 13.8. The lowest BCUT2D eigenvalue weighted by molar-refractivity contribution is -0.224. The Morgan fingerprint density at radius 3 is 2.56 bits per heavy atom. The van der Waals surface area contributed by atoms with Gasteiger partial charge in [0, 0.05) is 49.2 Å². The van der Waals surface area contributed by atoms with E-state index in [-0.39, 0.29) is 42.8 Å². The van der Waals surface area contributed by atoms with E-state index >= 15 is 0 Å². The largest absolute Gasteiger partial charge is 0.492 e. The SMILES string of the molecule is CC(C)Cn1c(=O)c(C(=O)NC2CC2)c(O)n2ncc(/C=C/C(=O)N3CC4CC(C3)C4(F)F)c12. The molecule has 2 aliphatic carbocycles. The lowest BCUT2D eigenvalue weighted by Crippen LogP contribution is -2.63. The summed E-state index contributed by atoms with van der Waals surface area (Å²) in [7, 11) is 0. The standard InChI is InChI=1S/C23H27F2N5O4/c1-12(2)9-29-20-13(3-6-17(31)28-10-14-7-15(11-28)23(14,24)25)8-26-30(20)22(34)18(21(29)33)19(32)27-16-4-5-16/h3,6,8,12,14-16,34H,4-5,7,9-11H2,1-2H3,(H,27,32)/b6-3+. The van der Waals surface area contributed by atoms with Gasteiger partial charge in [0.1, 0.15) is 5.65 Å². The molecule has 2 saturated heterocycles. The van der Waals surface area contributed by atoms with E-state index < -0.39 is 41.0 Å². The molecule has 34 heavy (non-hydrogen) atoms.